The number of nitrogens with zero attached hydrogens (tertiary/aromatic N) is 1. The number of benzene rings is 1. The minimum absolute atomic E-state index is 0.0360. The van der Waals surface area contributed by atoms with Crippen molar-refractivity contribution in [3.63, 3.8) is 0 Å². The maximum atomic E-state index is 12.2. The molecule has 230 valence electrons. The molecule has 1 aromatic heterocycles. The number of nitrogens with one attached hydrogen (secondary N) is 1. The highest BCUT2D eigenvalue weighted by Crippen LogP contribution is 2.34. The van der Waals surface area contributed by atoms with Crippen LogP contribution in [0.2, 0.25) is 0 Å². The van der Waals surface area contributed by atoms with Crippen molar-refractivity contribution >= 4 is 23.9 Å². The van der Waals surface area contributed by atoms with Crippen LogP contribution in [-0.4, -0.2) is 83.1 Å². The number of carbonyl (C=O) groups excluding carboxylic acids is 4. The number of carbonyl (C=O) groups is 4. The largest absolute Gasteiger partial charge is 0.463 e. The van der Waals surface area contributed by atoms with Crippen LogP contribution < -0.4 is 4.74 Å². The molecule has 42 heavy (non-hydrogen) atoms. The van der Waals surface area contributed by atoms with Gasteiger partial charge in [0.15, 0.2) is 12.2 Å². The number of hydrogen-bond acceptors (Lipinski definition) is 12. The van der Waals surface area contributed by atoms with Gasteiger partial charge in [-0.3, -0.25) is 24.3 Å². The fraction of sp³-hybridized carbons (Fsp3) is 0.552. The van der Waals surface area contributed by atoms with Crippen LogP contribution in [0, 0.1) is 0 Å². The molecule has 0 aliphatic carbocycles. The van der Waals surface area contributed by atoms with Crippen LogP contribution in [0.15, 0.2) is 24.3 Å². The van der Waals surface area contributed by atoms with Gasteiger partial charge in [-0.25, -0.2) is 0 Å². The van der Waals surface area contributed by atoms with Gasteiger partial charge in [0.2, 0.25) is 18.3 Å². The first-order valence-electron chi connectivity index (χ1n) is 13.6. The number of hydrogen-bond donors (Lipinski definition) is 2. The predicted molar refractivity (Wildman–Crippen MR) is 145 cm³/mol. The standard InChI is InChI=1S/C29H38N2O11/c1-15(2)24-22(13-21-9-7-20(8-10-21)11-12-32)28(31-30-24)42-29-27(40-19(6)36)26(39-18(5)35)25(38-17(4)34)23(41-29)14-37-16(3)33/h7-10,15,23,25-27,29,32H,11-14H2,1-6H3,(H,30,31)/t23-,25-,26+,27-,29?/m1/s1. The van der Waals surface area contributed by atoms with Gasteiger partial charge in [-0.05, 0) is 23.5 Å². The van der Waals surface area contributed by atoms with Crippen LogP contribution in [0.1, 0.15) is 69.8 Å². The second kappa shape index (κ2) is 14.8. The van der Waals surface area contributed by atoms with E-state index in [1.54, 1.807) is 0 Å². The molecule has 1 aliphatic rings. The summed E-state index contributed by atoms with van der Waals surface area (Å²) in [7, 11) is 0. The number of rotatable bonds is 12. The topological polar surface area (TPSA) is 173 Å². The van der Waals surface area contributed by atoms with Crippen LogP contribution >= 0.6 is 0 Å². The zero-order valence-corrected chi connectivity index (χ0v) is 24.6. The third-order valence-corrected chi connectivity index (χ3v) is 6.42. The lowest BCUT2D eigenvalue weighted by Gasteiger charge is -2.43. The molecule has 0 spiro atoms. The van der Waals surface area contributed by atoms with Gasteiger partial charge in [-0.2, -0.15) is 0 Å². The first kappa shape index (κ1) is 32.5. The van der Waals surface area contributed by atoms with Gasteiger partial charge < -0.3 is 33.5 Å². The predicted octanol–water partition coefficient (Wildman–Crippen LogP) is 2.12. The van der Waals surface area contributed by atoms with Crippen LogP contribution in [0.3, 0.4) is 0 Å². The minimum atomic E-state index is -1.40. The zero-order valence-electron chi connectivity index (χ0n) is 24.6. The molecule has 0 radical (unpaired) electrons. The molecule has 0 bridgehead atoms. The molecule has 3 rings (SSSR count). The van der Waals surface area contributed by atoms with E-state index in [1.165, 1.54) is 6.92 Å². The van der Waals surface area contributed by atoms with Crippen LogP contribution in [-0.2, 0) is 55.7 Å². The zero-order chi connectivity index (χ0) is 31.0. The van der Waals surface area contributed by atoms with Gasteiger partial charge in [-0.15, -0.1) is 5.10 Å². The Morgan fingerprint density at radius 2 is 1.45 bits per heavy atom. The van der Waals surface area contributed by atoms with Crippen LogP contribution in [0.25, 0.3) is 0 Å². The lowest BCUT2D eigenvalue weighted by molar-refractivity contribution is -0.289. The summed E-state index contributed by atoms with van der Waals surface area (Å²) < 4.78 is 33.8. The van der Waals surface area contributed by atoms with E-state index in [4.69, 9.17) is 28.4 Å². The fourth-order valence-corrected chi connectivity index (χ4v) is 4.66. The van der Waals surface area contributed by atoms with E-state index < -0.39 is 54.6 Å². The molecular weight excluding hydrogens is 552 g/mol. The maximum Gasteiger partial charge on any atom is 0.303 e. The first-order chi connectivity index (χ1) is 19.9. The van der Waals surface area contributed by atoms with Crippen LogP contribution in [0.5, 0.6) is 5.88 Å². The van der Waals surface area contributed by atoms with E-state index in [-0.39, 0.29) is 25.0 Å². The van der Waals surface area contributed by atoms with Crippen molar-refractivity contribution in [2.75, 3.05) is 13.2 Å². The highest BCUT2D eigenvalue weighted by atomic mass is 16.7. The molecule has 1 unspecified atom stereocenters. The number of aromatic amines is 1. The number of esters is 4. The Bertz CT molecular complexity index is 1240. The molecule has 2 N–H and O–H groups in total. The normalized spacial score (nSPS) is 21.9. The molecule has 1 aromatic carbocycles. The Kier molecular flexibility index (Phi) is 11.5. The highest BCUT2D eigenvalue weighted by molar-refractivity contribution is 5.68. The van der Waals surface area contributed by atoms with Gasteiger partial charge in [0.25, 0.3) is 0 Å². The molecule has 2 heterocycles. The summed E-state index contributed by atoms with van der Waals surface area (Å²) in [6.07, 6.45) is -5.62. The minimum Gasteiger partial charge on any atom is -0.463 e. The molecule has 1 aliphatic heterocycles. The maximum absolute atomic E-state index is 12.2. The van der Waals surface area contributed by atoms with Crippen molar-refractivity contribution in [3.05, 3.63) is 46.6 Å². The SMILES string of the molecule is CC(=O)OC[C@H]1OC(Oc2n[nH]c(C(C)C)c2Cc2ccc(CCO)cc2)[C@H](OC(C)=O)[C@@H](OC(C)=O)[C@@H]1OC(C)=O. The van der Waals surface area contributed by atoms with Gasteiger partial charge >= 0.3 is 23.9 Å². The monoisotopic (exact) mass is 590 g/mol. The number of H-pyrrole nitrogens is 1. The van der Waals surface area contributed by atoms with Crippen molar-refractivity contribution in [3.8, 4) is 5.88 Å². The van der Waals surface area contributed by atoms with Gasteiger partial charge in [0.05, 0.1) is 0 Å². The fourth-order valence-electron chi connectivity index (χ4n) is 4.66. The second-order valence-corrected chi connectivity index (χ2v) is 10.2. The molecule has 13 nitrogen and oxygen atoms in total. The molecule has 1 fully saturated rings. The van der Waals surface area contributed by atoms with Gasteiger partial charge in [0, 0.05) is 52.0 Å². The molecule has 5 atom stereocenters. The molecule has 0 amide bonds. The van der Waals surface area contributed by atoms with Crippen molar-refractivity contribution in [1.29, 1.82) is 0 Å². The third kappa shape index (κ3) is 8.76. The Balaban J connectivity index is 2.02. The van der Waals surface area contributed by atoms with Gasteiger partial charge in [0.1, 0.15) is 12.7 Å². The van der Waals surface area contributed by atoms with Crippen molar-refractivity contribution < 1.29 is 52.7 Å². The molecule has 13 heteroatoms. The quantitative estimate of drug-likeness (QED) is 0.273. The highest BCUT2D eigenvalue weighted by Gasteiger charge is 2.53. The number of ether oxygens (including phenoxy) is 6. The Labute approximate surface area is 243 Å². The molecule has 1 saturated heterocycles. The average Bonchev–Trinajstić information content (AvgIpc) is 3.29. The van der Waals surface area contributed by atoms with E-state index in [2.05, 4.69) is 10.2 Å². The van der Waals surface area contributed by atoms with E-state index in [1.807, 2.05) is 38.1 Å². The summed E-state index contributed by atoms with van der Waals surface area (Å²) in [6.45, 7) is 8.30. The number of aliphatic hydroxyl groups excluding tert-OH is 1. The second-order valence-electron chi connectivity index (χ2n) is 10.2. The van der Waals surface area contributed by atoms with E-state index in [9.17, 15) is 24.3 Å². The summed E-state index contributed by atoms with van der Waals surface area (Å²) in [5.41, 5.74) is 3.46. The van der Waals surface area contributed by atoms with Crippen molar-refractivity contribution in [2.45, 2.75) is 91.0 Å². The van der Waals surface area contributed by atoms with Crippen molar-refractivity contribution in [1.82, 2.24) is 10.2 Å². The smallest absolute Gasteiger partial charge is 0.303 e. The van der Waals surface area contributed by atoms with E-state index >= 15 is 0 Å². The van der Waals surface area contributed by atoms with E-state index in [0.29, 0.717) is 18.4 Å². The third-order valence-electron chi connectivity index (χ3n) is 6.42. The lowest BCUT2D eigenvalue weighted by atomic mass is 9.97. The lowest BCUT2D eigenvalue weighted by Crippen LogP contribution is -2.63. The summed E-state index contributed by atoms with van der Waals surface area (Å²) >= 11 is 0. The molecular formula is C29H38N2O11. The Hall–Kier alpha value is -3.97. The Morgan fingerprint density at radius 1 is 0.881 bits per heavy atom. The first-order valence-corrected chi connectivity index (χ1v) is 13.6. The summed E-state index contributed by atoms with van der Waals surface area (Å²) in [5, 5.41) is 16.6. The molecule has 2 aromatic rings. The number of aromatic nitrogens is 2. The van der Waals surface area contributed by atoms with Crippen molar-refractivity contribution in [2.24, 2.45) is 0 Å². The summed E-state index contributed by atoms with van der Waals surface area (Å²) in [5.74, 6) is -2.63. The van der Waals surface area contributed by atoms with E-state index in [0.717, 1.165) is 37.6 Å². The summed E-state index contributed by atoms with van der Waals surface area (Å²) in [4.78, 5) is 47.8. The average molecular weight is 591 g/mol. The Morgan fingerprint density at radius 3 is 2.00 bits per heavy atom. The molecule has 0 saturated carbocycles. The van der Waals surface area contributed by atoms with Crippen LogP contribution in [0.4, 0.5) is 0 Å². The number of aliphatic hydroxyl groups is 1. The van der Waals surface area contributed by atoms with Gasteiger partial charge in [-0.1, -0.05) is 38.1 Å². The summed E-state index contributed by atoms with van der Waals surface area (Å²) in [6, 6.07) is 7.75.